The fourth-order valence-corrected chi connectivity index (χ4v) is 2.52. The molecule has 3 rings (SSSR count). The van der Waals surface area contributed by atoms with Gasteiger partial charge in [-0.2, -0.15) is 0 Å². The van der Waals surface area contributed by atoms with Crippen LogP contribution in [0.25, 0.3) is 6.08 Å². The lowest BCUT2D eigenvalue weighted by Gasteiger charge is -2.09. The van der Waals surface area contributed by atoms with Gasteiger partial charge < -0.3 is 24.3 Å². The predicted molar refractivity (Wildman–Crippen MR) is 91.8 cm³/mol. The lowest BCUT2D eigenvalue weighted by molar-refractivity contribution is -0.123. The van der Waals surface area contributed by atoms with E-state index in [1.807, 2.05) is 0 Å². The summed E-state index contributed by atoms with van der Waals surface area (Å²) in [6.07, 6.45) is 1.35. The van der Waals surface area contributed by atoms with Crippen LogP contribution in [0.5, 0.6) is 11.5 Å². The lowest BCUT2D eigenvalue weighted by Crippen LogP contribution is -2.30. The standard InChI is InChI=1S/C18H16N2O7/c1-25-13-5-3-4-10(15(13)21)8-12-16(22)20(18(24)19-12)9-11-6-7-14(27-11)17(23)26-2/h3-8,21H,9H2,1-2H3,(H,19,24)/b12-8+. The summed E-state index contributed by atoms with van der Waals surface area (Å²) in [6, 6.07) is 7.00. The number of hydrogen-bond donors (Lipinski definition) is 2. The number of urea groups is 1. The highest BCUT2D eigenvalue weighted by Gasteiger charge is 2.34. The van der Waals surface area contributed by atoms with Crippen LogP contribution in [-0.2, 0) is 16.1 Å². The van der Waals surface area contributed by atoms with Gasteiger partial charge in [0.2, 0.25) is 5.76 Å². The van der Waals surface area contributed by atoms with Gasteiger partial charge >= 0.3 is 12.0 Å². The highest BCUT2D eigenvalue weighted by atomic mass is 16.5. The average molecular weight is 372 g/mol. The number of para-hydroxylation sites is 1. The van der Waals surface area contributed by atoms with Crippen molar-refractivity contribution in [1.82, 2.24) is 10.2 Å². The maximum absolute atomic E-state index is 12.5. The normalized spacial score (nSPS) is 15.2. The van der Waals surface area contributed by atoms with Crippen molar-refractivity contribution in [2.75, 3.05) is 14.2 Å². The Bertz CT molecular complexity index is 945. The summed E-state index contributed by atoms with van der Waals surface area (Å²) >= 11 is 0. The van der Waals surface area contributed by atoms with Gasteiger partial charge in [-0.05, 0) is 24.3 Å². The quantitative estimate of drug-likeness (QED) is 0.467. The Hall–Kier alpha value is -3.75. The maximum Gasteiger partial charge on any atom is 0.373 e. The van der Waals surface area contributed by atoms with Crippen LogP contribution >= 0.6 is 0 Å². The maximum atomic E-state index is 12.5. The van der Waals surface area contributed by atoms with Gasteiger partial charge in [0.15, 0.2) is 11.5 Å². The zero-order valence-corrected chi connectivity index (χ0v) is 14.5. The van der Waals surface area contributed by atoms with Gasteiger partial charge in [0.05, 0.1) is 20.8 Å². The molecule has 1 aliphatic heterocycles. The number of esters is 1. The van der Waals surface area contributed by atoms with E-state index in [1.54, 1.807) is 18.2 Å². The molecule has 1 fully saturated rings. The van der Waals surface area contributed by atoms with Crippen molar-refractivity contribution in [2.24, 2.45) is 0 Å². The van der Waals surface area contributed by atoms with Crippen molar-refractivity contribution >= 4 is 24.0 Å². The first-order valence-corrected chi connectivity index (χ1v) is 7.82. The van der Waals surface area contributed by atoms with Gasteiger partial charge in [-0.25, -0.2) is 9.59 Å². The number of hydrogen-bond acceptors (Lipinski definition) is 7. The minimum Gasteiger partial charge on any atom is -0.504 e. The predicted octanol–water partition coefficient (Wildman–Crippen LogP) is 1.87. The number of methoxy groups -OCH3 is 2. The van der Waals surface area contributed by atoms with Crippen molar-refractivity contribution in [3.63, 3.8) is 0 Å². The molecule has 1 aliphatic rings. The zero-order valence-electron chi connectivity index (χ0n) is 14.5. The molecular formula is C18H16N2O7. The number of ether oxygens (including phenoxy) is 2. The molecule has 2 aromatic rings. The van der Waals surface area contributed by atoms with E-state index in [4.69, 9.17) is 9.15 Å². The molecular weight excluding hydrogens is 356 g/mol. The van der Waals surface area contributed by atoms with E-state index >= 15 is 0 Å². The number of benzene rings is 1. The van der Waals surface area contributed by atoms with Crippen LogP contribution in [-0.4, -0.2) is 42.1 Å². The van der Waals surface area contributed by atoms with Crippen LogP contribution in [0.1, 0.15) is 21.9 Å². The molecule has 140 valence electrons. The number of imide groups is 1. The second-order valence-corrected chi connectivity index (χ2v) is 5.54. The van der Waals surface area contributed by atoms with Gasteiger partial charge in [-0.1, -0.05) is 12.1 Å². The largest absolute Gasteiger partial charge is 0.504 e. The van der Waals surface area contributed by atoms with E-state index in [1.165, 1.54) is 32.4 Å². The van der Waals surface area contributed by atoms with Gasteiger partial charge in [0.1, 0.15) is 11.5 Å². The molecule has 27 heavy (non-hydrogen) atoms. The third-order valence-electron chi connectivity index (χ3n) is 3.87. The molecule has 1 saturated heterocycles. The van der Waals surface area contributed by atoms with Gasteiger partial charge in [0, 0.05) is 5.56 Å². The van der Waals surface area contributed by atoms with E-state index in [0.717, 1.165) is 4.90 Å². The Morgan fingerprint density at radius 2 is 2.04 bits per heavy atom. The number of carbonyl (C=O) groups excluding carboxylic acids is 3. The topological polar surface area (TPSA) is 118 Å². The van der Waals surface area contributed by atoms with Gasteiger partial charge in [0.25, 0.3) is 5.91 Å². The third-order valence-corrected chi connectivity index (χ3v) is 3.87. The first-order chi connectivity index (χ1) is 12.9. The number of furan rings is 1. The van der Waals surface area contributed by atoms with Crippen LogP contribution in [0.2, 0.25) is 0 Å². The minimum absolute atomic E-state index is 0.0108. The first kappa shape index (κ1) is 18.1. The summed E-state index contributed by atoms with van der Waals surface area (Å²) in [7, 11) is 2.62. The fourth-order valence-electron chi connectivity index (χ4n) is 2.52. The van der Waals surface area contributed by atoms with E-state index in [9.17, 15) is 19.5 Å². The first-order valence-electron chi connectivity index (χ1n) is 7.82. The Labute approximate surface area is 153 Å². The number of amides is 3. The summed E-state index contributed by atoms with van der Waals surface area (Å²) in [4.78, 5) is 37.0. The van der Waals surface area contributed by atoms with Gasteiger partial charge in [-0.3, -0.25) is 9.69 Å². The molecule has 0 atom stereocenters. The van der Waals surface area contributed by atoms with Crippen LogP contribution in [0.4, 0.5) is 4.79 Å². The molecule has 3 amide bonds. The molecule has 1 aromatic carbocycles. The molecule has 9 nitrogen and oxygen atoms in total. The molecule has 0 bridgehead atoms. The smallest absolute Gasteiger partial charge is 0.373 e. The molecule has 1 aromatic heterocycles. The molecule has 0 aliphatic carbocycles. The van der Waals surface area contributed by atoms with Gasteiger partial charge in [-0.15, -0.1) is 0 Å². The second kappa shape index (κ2) is 7.24. The van der Waals surface area contributed by atoms with Crippen molar-refractivity contribution in [1.29, 1.82) is 0 Å². The van der Waals surface area contributed by atoms with Crippen LogP contribution < -0.4 is 10.1 Å². The van der Waals surface area contributed by atoms with Crippen molar-refractivity contribution in [3.05, 3.63) is 53.1 Å². The third kappa shape index (κ3) is 3.47. The highest BCUT2D eigenvalue weighted by Crippen LogP contribution is 2.31. The van der Waals surface area contributed by atoms with E-state index in [-0.39, 0.29) is 35.3 Å². The Morgan fingerprint density at radius 3 is 2.74 bits per heavy atom. The second-order valence-electron chi connectivity index (χ2n) is 5.54. The number of aromatic hydroxyl groups is 1. The van der Waals surface area contributed by atoms with Crippen LogP contribution in [0, 0.1) is 0 Å². The number of nitrogens with zero attached hydrogens (tertiary/aromatic N) is 1. The number of carbonyl (C=O) groups is 3. The van der Waals surface area contributed by atoms with Crippen LogP contribution in [0.15, 0.2) is 40.4 Å². The molecule has 0 radical (unpaired) electrons. The summed E-state index contributed by atoms with van der Waals surface area (Å²) in [5.74, 6) is -0.961. The molecule has 2 N–H and O–H groups in total. The van der Waals surface area contributed by atoms with E-state index in [2.05, 4.69) is 10.1 Å². The number of rotatable bonds is 5. The minimum atomic E-state index is -0.660. The van der Waals surface area contributed by atoms with Crippen molar-refractivity contribution in [3.8, 4) is 11.5 Å². The molecule has 9 heteroatoms. The Balaban J connectivity index is 1.81. The number of phenols is 1. The summed E-state index contributed by atoms with van der Waals surface area (Å²) in [6.45, 7) is -0.164. The molecule has 0 spiro atoms. The SMILES string of the molecule is COC(=O)c1ccc(CN2C(=O)N/C(=C/c3cccc(OC)c3O)C2=O)o1. The fraction of sp³-hybridized carbons (Fsp3) is 0.167. The molecule has 0 unspecified atom stereocenters. The monoisotopic (exact) mass is 372 g/mol. The van der Waals surface area contributed by atoms with Crippen molar-refractivity contribution in [2.45, 2.75) is 6.54 Å². The zero-order chi connectivity index (χ0) is 19.6. The Morgan fingerprint density at radius 1 is 1.26 bits per heavy atom. The summed E-state index contributed by atoms with van der Waals surface area (Å²) < 4.78 is 14.8. The number of phenolic OH excluding ortho intramolecular Hbond substituents is 1. The summed E-state index contributed by atoms with van der Waals surface area (Å²) in [5, 5.41) is 12.6. The van der Waals surface area contributed by atoms with E-state index < -0.39 is 17.9 Å². The lowest BCUT2D eigenvalue weighted by atomic mass is 10.1. The van der Waals surface area contributed by atoms with Crippen molar-refractivity contribution < 1.29 is 33.4 Å². The Kier molecular flexibility index (Phi) is 4.84. The molecule has 2 heterocycles. The average Bonchev–Trinajstić information content (AvgIpc) is 3.23. The van der Waals surface area contributed by atoms with Crippen LogP contribution in [0.3, 0.4) is 0 Å². The summed E-state index contributed by atoms with van der Waals surface area (Å²) in [5.41, 5.74) is 0.300. The molecule has 0 saturated carbocycles. The number of nitrogens with one attached hydrogen (secondary N) is 1. The van der Waals surface area contributed by atoms with E-state index in [0.29, 0.717) is 5.56 Å². The highest BCUT2D eigenvalue weighted by molar-refractivity contribution is 6.14.